The maximum absolute atomic E-state index is 10.5. The van der Waals surface area contributed by atoms with Crippen LogP contribution in [0.15, 0.2) is 35.4 Å². The van der Waals surface area contributed by atoms with E-state index in [1.54, 1.807) is 19.3 Å². The van der Waals surface area contributed by atoms with Gasteiger partial charge in [-0.15, -0.1) is 0 Å². The largest absolute Gasteiger partial charge is 0.478 e. The summed E-state index contributed by atoms with van der Waals surface area (Å²) in [5, 5.41) is 15.6. The highest BCUT2D eigenvalue weighted by molar-refractivity contribution is 5.89. The number of carbonyl (C=O) groups is 2. The van der Waals surface area contributed by atoms with Crippen LogP contribution in [-0.4, -0.2) is 31.7 Å². The second kappa shape index (κ2) is 6.93. The predicted octanol–water partition coefficient (Wildman–Crippen LogP) is -0.508. The average molecular weight is 226 g/mol. The first-order valence-electron chi connectivity index (χ1n) is 4.05. The van der Waals surface area contributed by atoms with E-state index in [9.17, 15) is 14.4 Å². The Labute approximate surface area is 90.3 Å². The third-order valence-corrected chi connectivity index (χ3v) is 1.25. The van der Waals surface area contributed by atoms with E-state index in [1.165, 1.54) is 10.8 Å². The van der Waals surface area contributed by atoms with Crippen molar-refractivity contribution in [3.63, 3.8) is 0 Å². The van der Waals surface area contributed by atoms with E-state index in [-0.39, 0.29) is 5.69 Å². The highest BCUT2D eigenvalue weighted by Crippen LogP contribution is 1.70. The summed E-state index contributed by atoms with van der Waals surface area (Å²) < 4.78 is 1.42. The van der Waals surface area contributed by atoms with Crippen molar-refractivity contribution in [3.05, 3.63) is 41.1 Å². The highest BCUT2D eigenvalue weighted by Gasteiger charge is 1.88. The van der Waals surface area contributed by atoms with Gasteiger partial charge in [0.2, 0.25) is 0 Å². The molecule has 1 heterocycles. The number of hydrogen-bond acceptors (Lipinski definition) is 4. The first kappa shape index (κ1) is 13.6. The number of hydrogen-bond donors (Lipinski definition) is 2. The summed E-state index contributed by atoms with van der Waals surface area (Å²) in [6.45, 7) is 0. The number of nitrogens with zero attached hydrogens (tertiary/aromatic N) is 2. The van der Waals surface area contributed by atoms with Gasteiger partial charge in [0, 0.05) is 31.6 Å². The van der Waals surface area contributed by atoms with Crippen LogP contribution in [0.25, 0.3) is 0 Å². The third-order valence-electron chi connectivity index (χ3n) is 1.25. The van der Waals surface area contributed by atoms with Crippen LogP contribution in [0.3, 0.4) is 0 Å². The topological polar surface area (TPSA) is 109 Å². The van der Waals surface area contributed by atoms with Gasteiger partial charge in [-0.3, -0.25) is 0 Å². The van der Waals surface area contributed by atoms with Crippen LogP contribution >= 0.6 is 0 Å². The molecule has 7 nitrogen and oxygen atoms in total. The quantitative estimate of drug-likeness (QED) is 0.657. The number of carboxylic acid groups (broad SMARTS) is 2. The van der Waals surface area contributed by atoms with E-state index in [1.807, 2.05) is 0 Å². The van der Waals surface area contributed by atoms with Gasteiger partial charge in [-0.2, -0.15) is 0 Å². The minimum Gasteiger partial charge on any atom is -0.478 e. The Morgan fingerprint density at radius 2 is 1.81 bits per heavy atom. The Morgan fingerprint density at radius 3 is 2.06 bits per heavy atom. The van der Waals surface area contributed by atoms with Crippen molar-refractivity contribution in [1.29, 1.82) is 0 Å². The molecular weight excluding hydrogens is 216 g/mol. The van der Waals surface area contributed by atoms with Crippen molar-refractivity contribution >= 4 is 11.9 Å². The van der Waals surface area contributed by atoms with E-state index >= 15 is 0 Å². The molecule has 0 aliphatic carbocycles. The third kappa shape index (κ3) is 7.01. The molecule has 0 saturated carbocycles. The second-order valence-corrected chi connectivity index (χ2v) is 2.52. The van der Waals surface area contributed by atoms with E-state index in [4.69, 9.17) is 10.2 Å². The van der Waals surface area contributed by atoms with Crippen molar-refractivity contribution in [2.24, 2.45) is 7.05 Å². The van der Waals surface area contributed by atoms with Crippen LogP contribution in [-0.2, 0) is 16.6 Å². The number of rotatable bonds is 2. The Bertz CT molecular complexity index is 433. The van der Waals surface area contributed by atoms with E-state index in [2.05, 4.69) is 4.98 Å². The molecule has 1 aromatic rings. The van der Waals surface area contributed by atoms with E-state index in [0.29, 0.717) is 12.2 Å². The van der Waals surface area contributed by atoms with Gasteiger partial charge in [-0.1, -0.05) is 0 Å². The fourth-order valence-electron chi connectivity index (χ4n) is 0.572. The van der Waals surface area contributed by atoms with Gasteiger partial charge < -0.3 is 14.8 Å². The maximum atomic E-state index is 10.5. The van der Waals surface area contributed by atoms with Gasteiger partial charge in [0.25, 0.3) is 0 Å². The van der Waals surface area contributed by atoms with Crippen LogP contribution in [0, 0.1) is 0 Å². The predicted molar refractivity (Wildman–Crippen MR) is 53.9 cm³/mol. The minimum atomic E-state index is -1.26. The van der Waals surface area contributed by atoms with Crippen molar-refractivity contribution in [2.75, 3.05) is 0 Å². The summed E-state index contributed by atoms with van der Waals surface area (Å²) in [6.07, 6.45) is 4.25. The monoisotopic (exact) mass is 226 g/mol. The molecule has 16 heavy (non-hydrogen) atoms. The summed E-state index contributed by atoms with van der Waals surface area (Å²) in [5.74, 6) is -2.51. The van der Waals surface area contributed by atoms with Gasteiger partial charge in [-0.25, -0.2) is 19.4 Å². The molecule has 0 spiro atoms. The Morgan fingerprint density at radius 1 is 1.31 bits per heavy atom. The molecule has 2 N–H and O–H groups in total. The van der Waals surface area contributed by atoms with Gasteiger partial charge >= 0.3 is 17.6 Å². The maximum Gasteiger partial charge on any atom is 0.347 e. The Hall–Kier alpha value is -2.44. The summed E-state index contributed by atoms with van der Waals surface area (Å²) in [5.41, 5.74) is -0.215. The lowest BCUT2D eigenvalue weighted by Crippen LogP contribution is -2.17. The first-order valence-corrected chi connectivity index (χ1v) is 4.05. The molecule has 86 valence electrons. The van der Waals surface area contributed by atoms with Crippen molar-refractivity contribution < 1.29 is 19.8 Å². The molecule has 0 aliphatic rings. The van der Waals surface area contributed by atoms with Gasteiger partial charge in [0.1, 0.15) is 0 Å². The molecule has 0 radical (unpaired) electrons. The van der Waals surface area contributed by atoms with Crippen LogP contribution in [0.2, 0.25) is 0 Å². The number of aromatic nitrogens is 2. The van der Waals surface area contributed by atoms with Gasteiger partial charge in [0.15, 0.2) is 0 Å². The van der Waals surface area contributed by atoms with E-state index < -0.39 is 11.9 Å². The standard InChI is InChI=1S/C5H6N2O.C4H4O4/c1-7-4-2-3-6-5(7)8;5-3(6)1-2-4(7)8/h2-4H,1H3;1-2H,(H,5,6)(H,7,8). The molecule has 0 saturated heterocycles. The van der Waals surface area contributed by atoms with Gasteiger partial charge in [0.05, 0.1) is 0 Å². The molecule has 7 heteroatoms. The fourth-order valence-corrected chi connectivity index (χ4v) is 0.572. The molecule has 1 aromatic heterocycles. The van der Waals surface area contributed by atoms with E-state index in [0.717, 1.165) is 0 Å². The Kier molecular flexibility index (Phi) is 5.88. The van der Waals surface area contributed by atoms with Gasteiger partial charge in [-0.05, 0) is 6.07 Å². The normalized spacial score (nSPS) is 9.31. The summed E-state index contributed by atoms with van der Waals surface area (Å²) >= 11 is 0. The zero-order valence-electron chi connectivity index (χ0n) is 8.40. The van der Waals surface area contributed by atoms with Crippen molar-refractivity contribution in [3.8, 4) is 0 Å². The summed E-state index contributed by atoms with van der Waals surface area (Å²) in [7, 11) is 1.66. The SMILES string of the molecule is Cn1cccnc1=O.O=C(O)C=CC(=O)O. The minimum absolute atomic E-state index is 0.215. The molecule has 0 unspecified atom stereocenters. The Balaban J connectivity index is 0.000000281. The molecule has 0 atom stereocenters. The first-order chi connectivity index (χ1) is 7.43. The van der Waals surface area contributed by atoms with Crippen LogP contribution in [0.4, 0.5) is 0 Å². The molecule has 0 fully saturated rings. The zero-order valence-corrected chi connectivity index (χ0v) is 8.40. The van der Waals surface area contributed by atoms with Crippen LogP contribution in [0.5, 0.6) is 0 Å². The number of carboxylic acids is 2. The number of aliphatic carboxylic acids is 2. The lowest BCUT2D eigenvalue weighted by Gasteiger charge is -1.88. The second-order valence-electron chi connectivity index (χ2n) is 2.52. The number of aryl methyl sites for hydroxylation is 1. The van der Waals surface area contributed by atoms with Crippen molar-refractivity contribution in [2.45, 2.75) is 0 Å². The lowest BCUT2D eigenvalue weighted by atomic mass is 10.5. The molecule has 0 bridgehead atoms. The van der Waals surface area contributed by atoms with Crippen LogP contribution < -0.4 is 5.69 Å². The molecule has 1 rings (SSSR count). The molecule has 0 aromatic carbocycles. The smallest absolute Gasteiger partial charge is 0.347 e. The summed E-state index contributed by atoms with van der Waals surface area (Å²) in [6, 6.07) is 1.71. The average Bonchev–Trinajstić information content (AvgIpc) is 2.20. The molecular formula is C9H10N2O5. The lowest BCUT2D eigenvalue weighted by molar-refractivity contribution is -0.134. The van der Waals surface area contributed by atoms with Crippen molar-refractivity contribution in [1.82, 2.24) is 9.55 Å². The summed E-state index contributed by atoms with van der Waals surface area (Å²) in [4.78, 5) is 33.1. The van der Waals surface area contributed by atoms with Crippen LogP contribution in [0.1, 0.15) is 0 Å². The highest BCUT2D eigenvalue weighted by atomic mass is 16.4. The molecule has 0 aliphatic heterocycles. The fraction of sp³-hybridized carbons (Fsp3) is 0.111. The molecule has 0 amide bonds. The zero-order chi connectivity index (χ0) is 12.6.